The van der Waals surface area contributed by atoms with E-state index in [0.29, 0.717) is 0 Å². The van der Waals surface area contributed by atoms with Gasteiger partial charge in [0.2, 0.25) is 0 Å². The van der Waals surface area contributed by atoms with Crippen molar-refractivity contribution in [1.82, 2.24) is 4.90 Å². The fraction of sp³-hybridized carbons (Fsp3) is 0.368. The first kappa shape index (κ1) is 18.2. The number of aryl methyl sites for hydroxylation is 1. The molecule has 0 heterocycles. The highest BCUT2D eigenvalue weighted by atomic mass is 19.3. The first-order valence-electron chi connectivity index (χ1n) is 7.92. The van der Waals surface area contributed by atoms with Crippen LogP contribution in [0.4, 0.5) is 8.78 Å². The molecule has 5 heteroatoms. The second-order valence-electron chi connectivity index (χ2n) is 5.71. The SMILES string of the molecule is COc1ccc(CCCN(C)Cc2ccc(OC(F)F)cc2)cc1. The van der Waals surface area contributed by atoms with Gasteiger partial charge in [0, 0.05) is 6.54 Å². The van der Waals surface area contributed by atoms with Crippen LogP contribution in [0.5, 0.6) is 11.5 Å². The van der Waals surface area contributed by atoms with E-state index in [0.717, 1.165) is 37.2 Å². The molecule has 0 fully saturated rings. The molecule has 0 aromatic heterocycles. The summed E-state index contributed by atoms with van der Waals surface area (Å²) in [6.07, 6.45) is 2.06. The zero-order chi connectivity index (χ0) is 17.4. The highest BCUT2D eigenvalue weighted by Gasteiger charge is 2.05. The van der Waals surface area contributed by atoms with Crippen LogP contribution >= 0.6 is 0 Å². The van der Waals surface area contributed by atoms with Crippen molar-refractivity contribution in [2.45, 2.75) is 26.0 Å². The van der Waals surface area contributed by atoms with E-state index in [9.17, 15) is 8.78 Å². The zero-order valence-electron chi connectivity index (χ0n) is 14.0. The minimum Gasteiger partial charge on any atom is -0.497 e. The van der Waals surface area contributed by atoms with Gasteiger partial charge in [-0.05, 0) is 61.8 Å². The lowest BCUT2D eigenvalue weighted by Crippen LogP contribution is -2.19. The third-order valence-electron chi connectivity index (χ3n) is 3.77. The predicted octanol–water partition coefficient (Wildman–Crippen LogP) is 4.36. The number of hydrogen-bond acceptors (Lipinski definition) is 3. The minimum absolute atomic E-state index is 0.191. The number of halogens is 2. The van der Waals surface area contributed by atoms with Crippen LogP contribution in [0.25, 0.3) is 0 Å². The number of hydrogen-bond donors (Lipinski definition) is 0. The first-order chi connectivity index (χ1) is 11.6. The smallest absolute Gasteiger partial charge is 0.387 e. The molecule has 0 N–H and O–H groups in total. The highest BCUT2D eigenvalue weighted by molar-refractivity contribution is 5.28. The molecule has 0 radical (unpaired) electrons. The van der Waals surface area contributed by atoms with Crippen LogP contribution < -0.4 is 9.47 Å². The lowest BCUT2D eigenvalue weighted by Gasteiger charge is -2.17. The largest absolute Gasteiger partial charge is 0.497 e. The molecular formula is C19H23F2NO2. The van der Waals surface area contributed by atoms with E-state index in [1.165, 1.54) is 5.56 Å². The van der Waals surface area contributed by atoms with Crippen molar-refractivity contribution in [3.8, 4) is 11.5 Å². The molecule has 0 saturated carbocycles. The second-order valence-corrected chi connectivity index (χ2v) is 5.71. The van der Waals surface area contributed by atoms with Gasteiger partial charge in [-0.3, -0.25) is 0 Å². The summed E-state index contributed by atoms with van der Waals surface area (Å²) in [7, 11) is 3.72. The van der Waals surface area contributed by atoms with Gasteiger partial charge in [0.05, 0.1) is 7.11 Å². The summed E-state index contributed by atoms with van der Waals surface area (Å²) >= 11 is 0. The van der Waals surface area contributed by atoms with Crippen LogP contribution in [0, 0.1) is 0 Å². The van der Waals surface area contributed by atoms with Crippen molar-refractivity contribution < 1.29 is 18.3 Å². The van der Waals surface area contributed by atoms with E-state index in [2.05, 4.69) is 28.8 Å². The fourth-order valence-electron chi connectivity index (χ4n) is 2.51. The van der Waals surface area contributed by atoms with Gasteiger partial charge in [0.1, 0.15) is 11.5 Å². The van der Waals surface area contributed by atoms with Crippen molar-refractivity contribution in [3.05, 3.63) is 59.7 Å². The third-order valence-corrected chi connectivity index (χ3v) is 3.77. The van der Waals surface area contributed by atoms with Crippen molar-refractivity contribution in [3.63, 3.8) is 0 Å². The van der Waals surface area contributed by atoms with Crippen LogP contribution in [0.2, 0.25) is 0 Å². The Kier molecular flexibility index (Phi) is 7.00. The molecule has 0 bridgehead atoms. The van der Waals surface area contributed by atoms with E-state index >= 15 is 0 Å². The zero-order valence-corrected chi connectivity index (χ0v) is 14.0. The number of alkyl halides is 2. The Morgan fingerprint density at radius 2 is 1.50 bits per heavy atom. The fourth-order valence-corrected chi connectivity index (χ4v) is 2.51. The number of methoxy groups -OCH3 is 1. The van der Waals surface area contributed by atoms with Gasteiger partial charge in [0.25, 0.3) is 0 Å². The molecule has 0 aliphatic carbocycles. The van der Waals surface area contributed by atoms with Gasteiger partial charge in [0.15, 0.2) is 0 Å². The lowest BCUT2D eigenvalue weighted by molar-refractivity contribution is -0.0498. The molecule has 2 rings (SSSR count). The molecule has 0 spiro atoms. The van der Waals surface area contributed by atoms with E-state index in [1.54, 1.807) is 19.2 Å². The van der Waals surface area contributed by atoms with E-state index < -0.39 is 6.61 Å². The van der Waals surface area contributed by atoms with Crippen molar-refractivity contribution in [1.29, 1.82) is 0 Å². The Morgan fingerprint density at radius 1 is 0.917 bits per heavy atom. The summed E-state index contributed by atoms with van der Waals surface area (Å²) in [5.41, 5.74) is 2.36. The van der Waals surface area contributed by atoms with Crippen LogP contribution in [0.1, 0.15) is 17.5 Å². The highest BCUT2D eigenvalue weighted by Crippen LogP contribution is 2.16. The molecule has 130 valence electrons. The molecular weight excluding hydrogens is 312 g/mol. The maximum absolute atomic E-state index is 12.1. The molecule has 2 aromatic rings. The van der Waals surface area contributed by atoms with Gasteiger partial charge in [-0.25, -0.2) is 0 Å². The summed E-state index contributed by atoms with van der Waals surface area (Å²) in [6.45, 7) is -1.05. The molecule has 0 aliphatic heterocycles. The van der Waals surface area contributed by atoms with Crippen molar-refractivity contribution in [2.24, 2.45) is 0 Å². The van der Waals surface area contributed by atoms with Gasteiger partial charge in [-0.15, -0.1) is 0 Å². The number of ether oxygens (including phenoxy) is 2. The maximum atomic E-state index is 12.1. The van der Waals surface area contributed by atoms with E-state index in [1.807, 2.05) is 24.3 Å². The average Bonchev–Trinajstić information content (AvgIpc) is 2.57. The van der Waals surface area contributed by atoms with E-state index in [4.69, 9.17) is 4.74 Å². The van der Waals surface area contributed by atoms with Crippen molar-refractivity contribution >= 4 is 0 Å². The van der Waals surface area contributed by atoms with E-state index in [-0.39, 0.29) is 5.75 Å². The third kappa shape index (κ3) is 6.16. The Bertz CT molecular complexity index is 600. The molecule has 0 aliphatic rings. The molecule has 0 saturated heterocycles. The molecule has 24 heavy (non-hydrogen) atoms. The Balaban J connectivity index is 1.73. The topological polar surface area (TPSA) is 21.7 Å². The normalized spacial score (nSPS) is 11.1. The molecule has 3 nitrogen and oxygen atoms in total. The van der Waals surface area contributed by atoms with Gasteiger partial charge in [-0.2, -0.15) is 8.78 Å². The number of benzene rings is 2. The predicted molar refractivity (Wildman–Crippen MR) is 90.7 cm³/mol. The summed E-state index contributed by atoms with van der Waals surface area (Å²) in [6, 6.07) is 14.9. The molecule has 0 amide bonds. The van der Waals surface area contributed by atoms with Crippen LogP contribution in [0.3, 0.4) is 0 Å². The molecule has 2 aromatic carbocycles. The molecule has 0 atom stereocenters. The standard InChI is InChI=1S/C19H23F2NO2/c1-22(13-3-4-15-5-9-17(23-2)10-6-15)14-16-7-11-18(12-8-16)24-19(20)21/h5-12,19H,3-4,13-14H2,1-2H3. The van der Waals surface area contributed by atoms with Crippen LogP contribution in [-0.2, 0) is 13.0 Å². The van der Waals surface area contributed by atoms with Crippen LogP contribution in [-0.4, -0.2) is 32.2 Å². The van der Waals surface area contributed by atoms with Crippen molar-refractivity contribution in [2.75, 3.05) is 20.7 Å². The first-order valence-corrected chi connectivity index (χ1v) is 7.92. The summed E-state index contributed by atoms with van der Waals surface area (Å²) in [4.78, 5) is 2.21. The number of nitrogens with zero attached hydrogens (tertiary/aromatic N) is 1. The van der Waals surface area contributed by atoms with Gasteiger partial charge < -0.3 is 14.4 Å². The lowest BCUT2D eigenvalue weighted by atomic mass is 10.1. The summed E-state index contributed by atoms with van der Waals surface area (Å²) in [5.74, 6) is 1.06. The monoisotopic (exact) mass is 335 g/mol. The van der Waals surface area contributed by atoms with Gasteiger partial charge >= 0.3 is 6.61 Å². The quantitative estimate of drug-likeness (QED) is 0.679. The maximum Gasteiger partial charge on any atom is 0.387 e. The molecule has 0 unspecified atom stereocenters. The summed E-state index contributed by atoms with van der Waals surface area (Å²) < 4.78 is 33.7. The second kappa shape index (κ2) is 9.23. The Labute approximate surface area is 141 Å². The summed E-state index contributed by atoms with van der Waals surface area (Å²) in [5, 5.41) is 0. The van der Waals surface area contributed by atoms with Crippen LogP contribution in [0.15, 0.2) is 48.5 Å². The average molecular weight is 335 g/mol. The minimum atomic E-state index is -2.78. The number of rotatable bonds is 9. The Morgan fingerprint density at radius 3 is 2.08 bits per heavy atom. The Hall–Kier alpha value is -2.14. The van der Waals surface area contributed by atoms with Gasteiger partial charge in [-0.1, -0.05) is 24.3 Å².